The van der Waals surface area contributed by atoms with Crippen molar-refractivity contribution < 1.29 is 4.74 Å². The number of aromatic nitrogens is 1. The lowest BCUT2D eigenvalue weighted by atomic mass is 10.2. The van der Waals surface area contributed by atoms with Gasteiger partial charge in [-0.3, -0.25) is 0 Å². The molecule has 1 aromatic rings. The van der Waals surface area contributed by atoms with Gasteiger partial charge in [-0.2, -0.15) is 4.98 Å². The SMILES string of the molecule is Cc1cc2c(nc1N)OCCCN2. The summed E-state index contributed by atoms with van der Waals surface area (Å²) in [5.41, 5.74) is 7.61. The molecule has 0 atom stereocenters. The largest absolute Gasteiger partial charge is 0.476 e. The van der Waals surface area contributed by atoms with Crippen LogP contribution < -0.4 is 15.8 Å². The molecule has 0 aromatic carbocycles. The van der Waals surface area contributed by atoms with Gasteiger partial charge >= 0.3 is 0 Å². The fraction of sp³-hybridized carbons (Fsp3) is 0.444. The van der Waals surface area contributed by atoms with E-state index in [9.17, 15) is 0 Å². The number of fused-ring (bicyclic) bond motifs is 1. The Morgan fingerprint density at radius 3 is 3.31 bits per heavy atom. The lowest BCUT2D eigenvalue weighted by Crippen LogP contribution is -2.01. The number of nitrogen functional groups attached to an aromatic ring is 1. The third kappa shape index (κ3) is 1.52. The van der Waals surface area contributed by atoms with Gasteiger partial charge in [0.15, 0.2) is 0 Å². The summed E-state index contributed by atoms with van der Waals surface area (Å²) >= 11 is 0. The molecule has 0 spiro atoms. The molecule has 0 unspecified atom stereocenters. The van der Waals surface area contributed by atoms with E-state index in [1.165, 1.54) is 0 Å². The van der Waals surface area contributed by atoms with Crippen LogP contribution in [0.25, 0.3) is 0 Å². The van der Waals surface area contributed by atoms with E-state index in [0.29, 0.717) is 18.3 Å². The Morgan fingerprint density at radius 2 is 2.46 bits per heavy atom. The minimum atomic E-state index is 0.544. The molecule has 4 nitrogen and oxygen atoms in total. The zero-order valence-electron chi connectivity index (χ0n) is 7.63. The molecule has 3 N–H and O–H groups in total. The Labute approximate surface area is 77.1 Å². The van der Waals surface area contributed by atoms with Crippen LogP contribution in [0, 0.1) is 6.92 Å². The highest BCUT2D eigenvalue weighted by Gasteiger charge is 2.11. The van der Waals surface area contributed by atoms with Crippen LogP contribution in [0.2, 0.25) is 0 Å². The van der Waals surface area contributed by atoms with Gasteiger partial charge in [0, 0.05) is 6.54 Å². The maximum absolute atomic E-state index is 5.68. The smallest absolute Gasteiger partial charge is 0.239 e. The molecule has 0 bridgehead atoms. The van der Waals surface area contributed by atoms with Gasteiger partial charge in [-0.25, -0.2) is 0 Å². The standard InChI is InChI=1S/C9H13N3O/c1-6-5-7-9(12-8(6)10)13-4-2-3-11-7/h5,11H,2-4H2,1H3,(H2,10,12). The van der Waals surface area contributed by atoms with E-state index in [1.54, 1.807) is 0 Å². The molecule has 70 valence electrons. The number of ether oxygens (including phenoxy) is 1. The van der Waals surface area contributed by atoms with Crippen LogP contribution in [-0.2, 0) is 0 Å². The Balaban J connectivity index is 2.43. The van der Waals surface area contributed by atoms with E-state index in [0.717, 1.165) is 24.2 Å². The molecule has 13 heavy (non-hydrogen) atoms. The molecule has 0 fully saturated rings. The molecule has 2 heterocycles. The average molecular weight is 179 g/mol. The van der Waals surface area contributed by atoms with Crippen molar-refractivity contribution in [2.24, 2.45) is 0 Å². The van der Waals surface area contributed by atoms with Gasteiger partial charge in [-0.1, -0.05) is 0 Å². The molecule has 1 aromatic heterocycles. The van der Waals surface area contributed by atoms with E-state index in [1.807, 2.05) is 13.0 Å². The summed E-state index contributed by atoms with van der Waals surface area (Å²) in [5.74, 6) is 1.17. The second-order valence-corrected chi connectivity index (χ2v) is 3.17. The lowest BCUT2D eigenvalue weighted by molar-refractivity contribution is 0.311. The van der Waals surface area contributed by atoms with Crippen LogP contribution in [0.1, 0.15) is 12.0 Å². The van der Waals surface area contributed by atoms with E-state index < -0.39 is 0 Å². The number of nitrogens with one attached hydrogen (secondary N) is 1. The minimum Gasteiger partial charge on any atom is -0.476 e. The fourth-order valence-electron chi connectivity index (χ4n) is 1.31. The van der Waals surface area contributed by atoms with Gasteiger partial charge in [0.1, 0.15) is 5.82 Å². The highest BCUT2D eigenvalue weighted by molar-refractivity contribution is 5.59. The molecule has 2 rings (SSSR count). The Morgan fingerprint density at radius 1 is 1.62 bits per heavy atom. The Bertz CT molecular complexity index is 294. The van der Waals surface area contributed by atoms with Crippen molar-refractivity contribution in [3.63, 3.8) is 0 Å². The van der Waals surface area contributed by atoms with E-state index in [-0.39, 0.29) is 0 Å². The lowest BCUT2D eigenvalue weighted by Gasteiger charge is -2.08. The molecule has 0 saturated carbocycles. The number of rotatable bonds is 0. The second kappa shape index (κ2) is 3.12. The normalized spacial score (nSPS) is 15.2. The van der Waals surface area contributed by atoms with Crippen LogP contribution in [0.5, 0.6) is 5.88 Å². The van der Waals surface area contributed by atoms with Gasteiger partial charge in [0.05, 0.1) is 12.3 Å². The van der Waals surface area contributed by atoms with Crippen LogP contribution in [0.4, 0.5) is 11.5 Å². The molecular weight excluding hydrogens is 166 g/mol. The average Bonchev–Trinajstić information content (AvgIpc) is 2.31. The van der Waals surface area contributed by atoms with Crippen LogP contribution >= 0.6 is 0 Å². The number of anilines is 2. The van der Waals surface area contributed by atoms with Gasteiger partial charge < -0.3 is 15.8 Å². The highest BCUT2D eigenvalue weighted by Crippen LogP contribution is 2.27. The zero-order valence-corrected chi connectivity index (χ0v) is 7.63. The summed E-state index contributed by atoms with van der Waals surface area (Å²) in [6.07, 6.45) is 0.995. The topological polar surface area (TPSA) is 60.2 Å². The zero-order chi connectivity index (χ0) is 9.26. The van der Waals surface area contributed by atoms with E-state index in [4.69, 9.17) is 10.5 Å². The number of aryl methyl sites for hydroxylation is 1. The Hall–Kier alpha value is -1.45. The fourth-order valence-corrected chi connectivity index (χ4v) is 1.31. The molecule has 0 saturated heterocycles. The first kappa shape index (κ1) is 8.16. The van der Waals surface area contributed by atoms with Crippen LogP contribution in [0.15, 0.2) is 6.07 Å². The first-order valence-corrected chi connectivity index (χ1v) is 4.41. The van der Waals surface area contributed by atoms with Gasteiger partial charge in [-0.15, -0.1) is 0 Å². The molecule has 1 aliphatic heterocycles. The van der Waals surface area contributed by atoms with Gasteiger partial charge in [-0.05, 0) is 25.0 Å². The molecule has 4 heteroatoms. The third-order valence-electron chi connectivity index (χ3n) is 2.09. The van der Waals surface area contributed by atoms with Crippen molar-refractivity contribution in [3.8, 4) is 5.88 Å². The van der Waals surface area contributed by atoms with Crippen molar-refractivity contribution in [3.05, 3.63) is 11.6 Å². The van der Waals surface area contributed by atoms with Crippen molar-refractivity contribution >= 4 is 11.5 Å². The van der Waals surface area contributed by atoms with Crippen LogP contribution in [0.3, 0.4) is 0 Å². The van der Waals surface area contributed by atoms with Crippen molar-refractivity contribution in [2.75, 3.05) is 24.2 Å². The summed E-state index contributed by atoms with van der Waals surface area (Å²) in [7, 11) is 0. The summed E-state index contributed by atoms with van der Waals surface area (Å²) in [4.78, 5) is 4.17. The second-order valence-electron chi connectivity index (χ2n) is 3.17. The Kier molecular flexibility index (Phi) is 1.96. The number of nitrogens with two attached hydrogens (primary N) is 1. The minimum absolute atomic E-state index is 0.544. The van der Waals surface area contributed by atoms with E-state index >= 15 is 0 Å². The third-order valence-corrected chi connectivity index (χ3v) is 2.09. The van der Waals surface area contributed by atoms with Crippen molar-refractivity contribution in [1.82, 2.24) is 4.98 Å². The first-order valence-electron chi connectivity index (χ1n) is 4.41. The number of nitrogens with zero attached hydrogens (tertiary/aromatic N) is 1. The van der Waals surface area contributed by atoms with Gasteiger partial charge in [0.25, 0.3) is 0 Å². The molecule has 0 amide bonds. The number of hydrogen-bond donors (Lipinski definition) is 2. The quantitative estimate of drug-likeness (QED) is 0.627. The number of pyridine rings is 1. The maximum Gasteiger partial charge on any atom is 0.239 e. The van der Waals surface area contributed by atoms with E-state index in [2.05, 4.69) is 10.3 Å². The summed E-state index contributed by atoms with van der Waals surface area (Å²) in [6, 6.07) is 1.98. The van der Waals surface area contributed by atoms with Crippen molar-refractivity contribution in [2.45, 2.75) is 13.3 Å². The van der Waals surface area contributed by atoms with Crippen LogP contribution in [-0.4, -0.2) is 18.1 Å². The summed E-state index contributed by atoms with van der Waals surface area (Å²) < 4.78 is 5.43. The van der Waals surface area contributed by atoms with Crippen molar-refractivity contribution in [1.29, 1.82) is 0 Å². The summed E-state index contributed by atoms with van der Waals surface area (Å²) in [6.45, 7) is 3.57. The predicted octanol–water partition coefficient (Wildman–Crippen LogP) is 1.17. The molecule has 1 aliphatic rings. The predicted molar refractivity (Wildman–Crippen MR) is 52.0 cm³/mol. The monoisotopic (exact) mass is 179 g/mol. The highest BCUT2D eigenvalue weighted by atomic mass is 16.5. The number of hydrogen-bond acceptors (Lipinski definition) is 4. The first-order chi connectivity index (χ1) is 6.27. The maximum atomic E-state index is 5.68. The molecule has 0 aliphatic carbocycles. The van der Waals surface area contributed by atoms with Gasteiger partial charge in [0.2, 0.25) is 5.88 Å². The molecule has 0 radical (unpaired) electrons. The summed E-state index contributed by atoms with van der Waals surface area (Å²) in [5, 5.41) is 3.25. The molecular formula is C9H13N3O.